The van der Waals surface area contributed by atoms with Gasteiger partial charge in [0.2, 0.25) is 0 Å². The van der Waals surface area contributed by atoms with E-state index in [0.29, 0.717) is 24.0 Å². The molecule has 1 aromatic carbocycles. The van der Waals surface area contributed by atoms with Gasteiger partial charge in [-0.1, -0.05) is 6.07 Å². The van der Waals surface area contributed by atoms with E-state index in [-0.39, 0.29) is 0 Å². The molecule has 3 aromatic rings. The van der Waals surface area contributed by atoms with E-state index in [1.165, 1.54) is 22.5 Å². The van der Waals surface area contributed by atoms with Crippen LogP contribution in [0.4, 0.5) is 0 Å². The van der Waals surface area contributed by atoms with Gasteiger partial charge in [0, 0.05) is 29.8 Å². The molecule has 0 atom stereocenters. The number of benzene rings is 1. The van der Waals surface area contributed by atoms with Crippen LogP contribution in [0.2, 0.25) is 0 Å². The predicted molar refractivity (Wildman–Crippen MR) is 106 cm³/mol. The highest BCUT2D eigenvalue weighted by Gasteiger charge is 2.35. The minimum Gasteiger partial charge on any atom is -0.467 e. The molecule has 0 spiro atoms. The normalized spacial score (nSPS) is 19.9. The van der Waals surface area contributed by atoms with Crippen LogP contribution in [0.3, 0.4) is 0 Å². The first-order chi connectivity index (χ1) is 12.5. The van der Waals surface area contributed by atoms with Crippen LogP contribution in [0.5, 0.6) is 6.01 Å². The number of thiazole rings is 1. The van der Waals surface area contributed by atoms with E-state index >= 15 is 0 Å². The Hall–Kier alpha value is -2.05. The van der Waals surface area contributed by atoms with Gasteiger partial charge in [0.05, 0.1) is 28.0 Å². The van der Waals surface area contributed by atoms with Crippen molar-refractivity contribution < 1.29 is 4.74 Å². The van der Waals surface area contributed by atoms with Crippen LogP contribution in [0.25, 0.3) is 21.5 Å². The Morgan fingerprint density at radius 1 is 1.19 bits per heavy atom. The SMILES string of the molecule is COc1nccc(-c2ccc3nc(C4CC(N(C)C(C)C)C4)sc3c2)n1. The predicted octanol–water partition coefficient (Wildman–Crippen LogP) is 4.35. The lowest BCUT2D eigenvalue weighted by atomic mass is 9.79. The summed E-state index contributed by atoms with van der Waals surface area (Å²) in [5, 5.41) is 1.27. The number of methoxy groups -OCH3 is 1. The number of hydrogen-bond acceptors (Lipinski definition) is 6. The van der Waals surface area contributed by atoms with Crippen molar-refractivity contribution in [1.82, 2.24) is 19.9 Å². The fraction of sp³-hybridized carbons (Fsp3) is 0.450. The maximum Gasteiger partial charge on any atom is 0.316 e. The van der Waals surface area contributed by atoms with Gasteiger partial charge < -0.3 is 9.64 Å². The van der Waals surface area contributed by atoms with Crippen molar-refractivity contribution in [2.75, 3.05) is 14.2 Å². The van der Waals surface area contributed by atoms with Crippen LogP contribution in [-0.4, -0.2) is 46.1 Å². The van der Waals surface area contributed by atoms with E-state index in [9.17, 15) is 0 Å². The Morgan fingerprint density at radius 3 is 2.73 bits per heavy atom. The molecule has 26 heavy (non-hydrogen) atoms. The largest absolute Gasteiger partial charge is 0.467 e. The molecule has 1 fully saturated rings. The summed E-state index contributed by atoms with van der Waals surface area (Å²) < 4.78 is 6.35. The van der Waals surface area contributed by atoms with Crippen molar-refractivity contribution in [2.45, 2.75) is 44.7 Å². The third-order valence-electron chi connectivity index (χ3n) is 5.37. The van der Waals surface area contributed by atoms with E-state index in [1.54, 1.807) is 13.3 Å². The van der Waals surface area contributed by atoms with Gasteiger partial charge >= 0.3 is 6.01 Å². The number of aromatic nitrogens is 3. The third-order valence-corrected chi connectivity index (χ3v) is 6.55. The molecule has 5 nitrogen and oxygen atoms in total. The molecule has 0 saturated heterocycles. The van der Waals surface area contributed by atoms with Crippen LogP contribution >= 0.6 is 11.3 Å². The van der Waals surface area contributed by atoms with Crippen molar-refractivity contribution in [1.29, 1.82) is 0 Å². The van der Waals surface area contributed by atoms with Crippen molar-refractivity contribution >= 4 is 21.6 Å². The Balaban J connectivity index is 1.55. The summed E-state index contributed by atoms with van der Waals surface area (Å²) in [5.41, 5.74) is 3.02. The summed E-state index contributed by atoms with van der Waals surface area (Å²) in [7, 11) is 3.81. The summed E-state index contributed by atoms with van der Waals surface area (Å²) in [6.45, 7) is 4.52. The number of ether oxygens (including phenoxy) is 1. The summed E-state index contributed by atoms with van der Waals surface area (Å²) in [4.78, 5) is 15.9. The lowest BCUT2D eigenvalue weighted by molar-refractivity contribution is 0.108. The molecule has 1 saturated carbocycles. The van der Waals surface area contributed by atoms with E-state index in [2.05, 4.69) is 54.0 Å². The number of fused-ring (bicyclic) bond motifs is 1. The van der Waals surface area contributed by atoms with Gasteiger partial charge in [-0.25, -0.2) is 9.97 Å². The first kappa shape index (κ1) is 17.4. The maximum absolute atomic E-state index is 5.13. The molecule has 0 amide bonds. The average Bonchev–Trinajstić information content (AvgIpc) is 3.02. The van der Waals surface area contributed by atoms with Gasteiger partial charge in [-0.2, -0.15) is 4.98 Å². The molecule has 0 bridgehead atoms. The summed E-state index contributed by atoms with van der Waals surface area (Å²) in [5.74, 6) is 0.598. The van der Waals surface area contributed by atoms with Crippen LogP contribution in [0.15, 0.2) is 30.5 Å². The van der Waals surface area contributed by atoms with Crippen molar-refractivity contribution in [3.05, 3.63) is 35.5 Å². The summed E-state index contributed by atoms with van der Waals surface area (Å²) in [6, 6.07) is 9.93. The molecular formula is C20H24N4OS. The van der Waals surface area contributed by atoms with E-state index in [1.807, 2.05) is 17.4 Å². The summed E-state index contributed by atoms with van der Waals surface area (Å²) >= 11 is 1.82. The van der Waals surface area contributed by atoms with E-state index < -0.39 is 0 Å². The molecule has 2 aromatic heterocycles. The number of rotatable bonds is 5. The van der Waals surface area contributed by atoms with Gasteiger partial charge in [0.25, 0.3) is 0 Å². The fourth-order valence-corrected chi connectivity index (χ4v) is 4.55. The van der Waals surface area contributed by atoms with Gasteiger partial charge in [-0.05, 0) is 51.9 Å². The molecule has 136 valence electrons. The molecule has 0 unspecified atom stereocenters. The molecule has 6 heteroatoms. The molecular weight excluding hydrogens is 344 g/mol. The number of hydrogen-bond donors (Lipinski definition) is 0. The van der Waals surface area contributed by atoms with Crippen LogP contribution < -0.4 is 4.74 Å². The standard InChI is InChI=1S/C20H24N4OS/c1-12(2)24(3)15-9-14(10-15)19-22-17-6-5-13(11-18(17)26-19)16-7-8-21-20(23-16)25-4/h5-8,11-12,14-15H,9-10H2,1-4H3. The second kappa shape index (κ2) is 6.93. The zero-order chi connectivity index (χ0) is 18.3. The Bertz CT molecular complexity index is 917. The lowest BCUT2D eigenvalue weighted by Crippen LogP contribution is -2.44. The van der Waals surface area contributed by atoms with Crippen LogP contribution in [0, 0.1) is 0 Å². The van der Waals surface area contributed by atoms with Crippen molar-refractivity contribution in [3.63, 3.8) is 0 Å². The Labute approximate surface area is 158 Å². The van der Waals surface area contributed by atoms with E-state index in [4.69, 9.17) is 9.72 Å². The molecule has 0 N–H and O–H groups in total. The highest BCUT2D eigenvalue weighted by molar-refractivity contribution is 7.18. The monoisotopic (exact) mass is 368 g/mol. The van der Waals surface area contributed by atoms with E-state index in [0.717, 1.165) is 16.8 Å². The summed E-state index contributed by atoms with van der Waals surface area (Å²) in [6.07, 6.45) is 4.15. The first-order valence-electron chi connectivity index (χ1n) is 9.05. The maximum atomic E-state index is 5.13. The third kappa shape index (κ3) is 3.19. The second-order valence-corrected chi connectivity index (χ2v) is 8.31. The molecule has 4 rings (SSSR count). The minimum atomic E-state index is 0.391. The quantitative estimate of drug-likeness (QED) is 0.670. The lowest BCUT2D eigenvalue weighted by Gasteiger charge is -2.42. The minimum absolute atomic E-state index is 0.391. The van der Waals surface area contributed by atoms with Gasteiger partial charge in [0.15, 0.2) is 0 Å². The second-order valence-electron chi connectivity index (χ2n) is 7.24. The zero-order valence-corrected chi connectivity index (χ0v) is 16.5. The van der Waals surface area contributed by atoms with Gasteiger partial charge in [0.1, 0.15) is 0 Å². The molecule has 1 aliphatic rings. The zero-order valence-electron chi connectivity index (χ0n) is 15.6. The highest BCUT2D eigenvalue weighted by atomic mass is 32.1. The Kier molecular flexibility index (Phi) is 4.63. The molecule has 1 aliphatic carbocycles. The molecule has 2 heterocycles. The molecule has 0 radical (unpaired) electrons. The van der Waals surface area contributed by atoms with Crippen LogP contribution in [0.1, 0.15) is 37.6 Å². The molecule has 0 aliphatic heterocycles. The average molecular weight is 369 g/mol. The smallest absolute Gasteiger partial charge is 0.316 e. The number of nitrogens with zero attached hydrogens (tertiary/aromatic N) is 4. The van der Waals surface area contributed by atoms with Crippen molar-refractivity contribution in [2.24, 2.45) is 0 Å². The van der Waals surface area contributed by atoms with Crippen molar-refractivity contribution in [3.8, 4) is 17.3 Å². The van der Waals surface area contributed by atoms with Gasteiger partial charge in [-0.3, -0.25) is 0 Å². The topological polar surface area (TPSA) is 51.1 Å². The van der Waals surface area contributed by atoms with Crippen LogP contribution in [-0.2, 0) is 0 Å². The Morgan fingerprint density at radius 2 is 2.00 bits per heavy atom. The fourth-order valence-electron chi connectivity index (χ4n) is 3.42. The van der Waals surface area contributed by atoms with Gasteiger partial charge in [-0.15, -0.1) is 11.3 Å². The highest BCUT2D eigenvalue weighted by Crippen LogP contribution is 2.43. The first-order valence-corrected chi connectivity index (χ1v) is 9.86.